The number of rotatable bonds is 5. The van der Waals surface area contributed by atoms with E-state index in [9.17, 15) is 4.79 Å². The third-order valence-corrected chi connectivity index (χ3v) is 3.85. The number of para-hydroxylation sites is 1. The van der Waals surface area contributed by atoms with Crippen molar-refractivity contribution in [3.8, 4) is 6.07 Å². The quantitative estimate of drug-likeness (QED) is 0.858. The molecule has 0 atom stereocenters. The summed E-state index contributed by atoms with van der Waals surface area (Å²) in [6.07, 6.45) is 0.302. The molecule has 0 fully saturated rings. The minimum Gasteiger partial charge on any atom is -0.469 e. The fraction of sp³-hybridized carbons (Fsp3) is 0.200. The SMILES string of the molecule is COC(=O)Cc1ccc(CNc2ccccc2C#N)s1. The number of benzene rings is 1. The number of nitrogens with one attached hydrogen (secondary N) is 1. The van der Waals surface area contributed by atoms with Crippen LogP contribution in [0.5, 0.6) is 0 Å². The second-order valence-corrected chi connectivity index (χ2v) is 5.38. The lowest BCUT2D eigenvalue weighted by Gasteiger charge is -2.06. The monoisotopic (exact) mass is 286 g/mol. The lowest BCUT2D eigenvalue weighted by atomic mass is 10.2. The molecule has 5 heteroatoms. The van der Waals surface area contributed by atoms with Crippen LogP contribution in [0.3, 0.4) is 0 Å². The Morgan fingerprint density at radius 1 is 1.30 bits per heavy atom. The van der Waals surface area contributed by atoms with Gasteiger partial charge in [0, 0.05) is 16.3 Å². The van der Waals surface area contributed by atoms with Gasteiger partial charge in [-0.3, -0.25) is 4.79 Å². The van der Waals surface area contributed by atoms with Crippen LogP contribution in [0.15, 0.2) is 36.4 Å². The largest absolute Gasteiger partial charge is 0.469 e. The Kier molecular flexibility index (Phi) is 4.75. The highest BCUT2D eigenvalue weighted by molar-refractivity contribution is 7.12. The highest BCUT2D eigenvalue weighted by atomic mass is 32.1. The van der Waals surface area contributed by atoms with Crippen molar-refractivity contribution in [1.82, 2.24) is 0 Å². The van der Waals surface area contributed by atoms with Crippen LogP contribution < -0.4 is 5.32 Å². The molecule has 0 aliphatic rings. The second-order valence-electron chi connectivity index (χ2n) is 4.13. The average Bonchev–Trinajstić information content (AvgIpc) is 2.92. The van der Waals surface area contributed by atoms with Crippen molar-refractivity contribution in [2.24, 2.45) is 0 Å². The van der Waals surface area contributed by atoms with Gasteiger partial charge >= 0.3 is 5.97 Å². The summed E-state index contributed by atoms with van der Waals surface area (Å²) in [5, 5.41) is 12.2. The zero-order valence-electron chi connectivity index (χ0n) is 11.1. The minimum atomic E-state index is -0.235. The Balaban J connectivity index is 1.98. The molecule has 0 aliphatic heterocycles. The molecule has 0 aliphatic carbocycles. The van der Waals surface area contributed by atoms with Crippen LogP contribution in [0.25, 0.3) is 0 Å². The van der Waals surface area contributed by atoms with Crippen LogP contribution in [-0.2, 0) is 22.5 Å². The third kappa shape index (κ3) is 3.59. The molecule has 0 bridgehead atoms. The van der Waals surface area contributed by atoms with E-state index in [4.69, 9.17) is 5.26 Å². The molecule has 1 N–H and O–H groups in total. The van der Waals surface area contributed by atoms with Crippen LogP contribution in [0.1, 0.15) is 15.3 Å². The first-order chi connectivity index (χ1) is 9.72. The number of ether oxygens (including phenoxy) is 1. The summed E-state index contributed by atoms with van der Waals surface area (Å²) in [5.41, 5.74) is 1.44. The molecule has 2 rings (SSSR count). The maximum Gasteiger partial charge on any atom is 0.310 e. The molecule has 0 spiro atoms. The summed E-state index contributed by atoms with van der Waals surface area (Å²) >= 11 is 1.56. The number of nitrogens with zero attached hydrogens (tertiary/aromatic N) is 1. The number of carbonyl (C=O) groups excluding carboxylic acids is 1. The molecule has 1 heterocycles. The molecule has 1 aromatic carbocycles. The number of thiophene rings is 1. The van der Waals surface area contributed by atoms with Crippen LogP contribution in [0.4, 0.5) is 5.69 Å². The Hall–Kier alpha value is -2.32. The first-order valence-corrected chi connectivity index (χ1v) is 6.92. The highest BCUT2D eigenvalue weighted by Crippen LogP contribution is 2.20. The van der Waals surface area contributed by atoms with E-state index < -0.39 is 0 Å². The van der Waals surface area contributed by atoms with Gasteiger partial charge < -0.3 is 10.1 Å². The van der Waals surface area contributed by atoms with Crippen molar-refractivity contribution < 1.29 is 9.53 Å². The zero-order chi connectivity index (χ0) is 14.4. The van der Waals surface area contributed by atoms with Gasteiger partial charge in [-0.05, 0) is 24.3 Å². The number of anilines is 1. The summed E-state index contributed by atoms with van der Waals surface area (Å²) < 4.78 is 4.64. The molecular weight excluding hydrogens is 272 g/mol. The van der Waals surface area contributed by atoms with Gasteiger partial charge in [0.25, 0.3) is 0 Å². The molecule has 4 nitrogen and oxygen atoms in total. The van der Waals surface area contributed by atoms with Crippen molar-refractivity contribution in [2.75, 3.05) is 12.4 Å². The van der Waals surface area contributed by atoms with Crippen molar-refractivity contribution in [3.63, 3.8) is 0 Å². The van der Waals surface area contributed by atoms with E-state index in [1.54, 1.807) is 17.4 Å². The number of methoxy groups -OCH3 is 1. The summed E-state index contributed by atoms with van der Waals surface area (Å²) in [4.78, 5) is 13.3. The Bertz CT molecular complexity index is 643. The molecule has 20 heavy (non-hydrogen) atoms. The van der Waals surface area contributed by atoms with Crippen molar-refractivity contribution >= 4 is 23.0 Å². The molecule has 0 saturated carbocycles. The van der Waals surface area contributed by atoms with Gasteiger partial charge in [-0.1, -0.05) is 12.1 Å². The van der Waals surface area contributed by atoms with E-state index in [0.717, 1.165) is 15.4 Å². The summed E-state index contributed by atoms with van der Waals surface area (Å²) in [5.74, 6) is -0.235. The molecule has 0 saturated heterocycles. The van der Waals surface area contributed by atoms with Gasteiger partial charge in [0.15, 0.2) is 0 Å². The Morgan fingerprint density at radius 3 is 2.80 bits per heavy atom. The predicted molar refractivity (Wildman–Crippen MR) is 78.5 cm³/mol. The molecule has 102 valence electrons. The summed E-state index contributed by atoms with van der Waals surface area (Å²) in [6.45, 7) is 0.629. The van der Waals surface area contributed by atoms with Crippen LogP contribution >= 0.6 is 11.3 Å². The van der Waals surface area contributed by atoms with Gasteiger partial charge in [0.2, 0.25) is 0 Å². The van der Waals surface area contributed by atoms with Gasteiger partial charge in [-0.25, -0.2) is 0 Å². The molecular formula is C15H14N2O2S. The van der Waals surface area contributed by atoms with E-state index in [1.165, 1.54) is 7.11 Å². The fourth-order valence-electron chi connectivity index (χ4n) is 1.74. The fourth-order valence-corrected chi connectivity index (χ4v) is 2.69. The first-order valence-electron chi connectivity index (χ1n) is 6.10. The van der Waals surface area contributed by atoms with E-state index >= 15 is 0 Å². The number of esters is 1. The lowest BCUT2D eigenvalue weighted by molar-refractivity contribution is -0.139. The maximum atomic E-state index is 11.2. The predicted octanol–water partition coefficient (Wildman–Crippen LogP) is 2.95. The van der Waals surface area contributed by atoms with E-state index in [0.29, 0.717) is 18.5 Å². The Labute approximate surface area is 121 Å². The second kappa shape index (κ2) is 6.73. The maximum absolute atomic E-state index is 11.2. The van der Waals surface area contributed by atoms with Crippen molar-refractivity contribution in [1.29, 1.82) is 5.26 Å². The van der Waals surface area contributed by atoms with Crippen LogP contribution in [0.2, 0.25) is 0 Å². The van der Waals surface area contributed by atoms with E-state index in [-0.39, 0.29) is 5.97 Å². The standard InChI is InChI=1S/C15H14N2O2S/c1-19-15(18)8-12-6-7-13(20-12)10-17-14-5-3-2-4-11(14)9-16/h2-7,17H,8,10H2,1H3. The van der Waals surface area contributed by atoms with Crippen molar-refractivity contribution in [2.45, 2.75) is 13.0 Å². The lowest BCUT2D eigenvalue weighted by Crippen LogP contribution is -2.02. The molecule has 2 aromatic rings. The molecule has 0 amide bonds. The first kappa shape index (κ1) is 14.1. The third-order valence-electron chi connectivity index (χ3n) is 2.76. The zero-order valence-corrected chi connectivity index (χ0v) is 11.9. The Morgan fingerprint density at radius 2 is 2.05 bits per heavy atom. The average molecular weight is 286 g/mol. The molecule has 0 unspecified atom stereocenters. The van der Waals surface area contributed by atoms with Crippen LogP contribution in [0, 0.1) is 11.3 Å². The summed E-state index contributed by atoms with van der Waals surface area (Å²) in [6, 6.07) is 13.4. The molecule has 1 aromatic heterocycles. The smallest absolute Gasteiger partial charge is 0.310 e. The topological polar surface area (TPSA) is 62.1 Å². The van der Waals surface area contributed by atoms with Crippen molar-refractivity contribution in [3.05, 3.63) is 51.7 Å². The number of hydrogen-bond donors (Lipinski definition) is 1. The highest BCUT2D eigenvalue weighted by Gasteiger charge is 2.07. The van der Waals surface area contributed by atoms with E-state index in [1.807, 2.05) is 30.3 Å². The number of carbonyl (C=O) groups is 1. The van der Waals surface area contributed by atoms with E-state index in [2.05, 4.69) is 16.1 Å². The normalized spacial score (nSPS) is 9.80. The molecule has 0 radical (unpaired) electrons. The van der Waals surface area contributed by atoms with Gasteiger partial charge in [0.05, 0.1) is 24.8 Å². The van der Waals surface area contributed by atoms with Gasteiger partial charge in [-0.2, -0.15) is 5.26 Å². The minimum absolute atomic E-state index is 0.235. The van der Waals surface area contributed by atoms with Gasteiger partial charge in [0.1, 0.15) is 6.07 Å². The number of nitriles is 1. The summed E-state index contributed by atoms with van der Waals surface area (Å²) in [7, 11) is 1.39. The number of hydrogen-bond acceptors (Lipinski definition) is 5. The van der Waals surface area contributed by atoms with Gasteiger partial charge in [-0.15, -0.1) is 11.3 Å². The van der Waals surface area contributed by atoms with Crippen LogP contribution in [-0.4, -0.2) is 13.1 Å².